The van der Waals surface area contributed by atoms with E-state index in [9.17, 15) is 5.11 Å². The van der Waals surface area contributed by atoms with Gasteiger partial charge in [-0.15, -0.1) is 19.0 Å². The third-order valence-electron chi connectivity index (χ3n) is 1.96. The lowest BCUT2D eigenvalue weighted by Gasteiger charge is -2.13. The molecule has 1 atom stereocenters. The van der Waals surface area contributed by atoms with Crippen LogP contribution in [0.2, 0.25) is 5.02 Å². The summed E-state index contributed by atoms with van der Waals surface area (Å²) >= 11 is 5.81. The number of phenolic OH excluding ortho intramolecular Hbond substituents is 1. The standard InChI is InChI=1S/C11H14ClNO.ClH/c1-7(2)5-10(13)9-6-8(12)3-4-11(9)14;/h3-4,6,10,14H,1,5,13H2,2H3;1H/t10-;/m1./s1. The van der Waals surface area contributed by atoms with E-state index in [1.165, 1.54) is 0 Å². The zero-order valence-electron chi connectivity index (χ0n) is 8.53. The highest BCUT2D eigenvalue weighted by atomic mass is 35.5. The molecule has 1 rings (SSSR count). The summed E-state index contributed by atoms with van der Waals surface area (Å²) < 4.78 is 0. The maximum atomic E-state index is 9.55. The van der Waals surface area contributed by atoms with Crippen LogP contribution in [0.1, 0.15) is 24.9 Å². The van der Waals surface area contributed by atoms with E-state index in [1.54, 1.807) is 18.2 Å². The average molecular weight is 248 g/mol. The molecule has 0 amide bonds. The van der Waals surface area contributed by atoms with E-state index < -0.39 is 0 Å². The predicted molar refractivity (Wildman–Crippen MR) is 66.7 cm³/mol. The van der Waals surface area contributed by atoms with Crippen LogP contribution >= 0.6 is 24.0 Å². The smallest absolute Gasteiger partial charge is 0.120 e. The lowest BCUT2D eigenvalue weighted by atomic mass is 10.0. The molecule has 1 aromatic rings. The molecular formula is C11H15Cl2NO. The SMILES string of the molecule is C=C(C)C[C@@H](N)c1cc(Cl)ccc1O.Cl. The molecule has 0 spiro atoms. The Balaban J connectivity index is 0.00000196. The highest BCUT2D eigenvalue weighted by molar-refractivity contribution is 6.30. The first kappa shape index (κ1) is 14.3. The normalized spacial score (nSPS) is 11.7. The fourth-order valence-corrected chi connectivity index (χ4v) is 1.49. The summed E-state index contributed by atoms with van der Waals surface area (Å²) in [7, 11) is 0. The summed E-state index contributed by atoms with van der Waals surface area (Å²) in [4.78, 5) is 0. The Labute approximate surface area is 101 Å². The molecule has 0 aromatic heterocycles. The van der Waals surface area contributed by atoms with Crippen molar-refractivity contribution in [3.8, 4) is 5.75 Å². The summed E-state index contributed by atoms with van der Waals surface area (Å²) in [6.07, 6.45) is 0.647. The molecular weight excluding hydrogens is 233 g/mol. The first-order valence-electron chi connectivity index (χ1n) is 4.39. The quantitative estimate of drug-likeness (QED) is 0.805. The van der Waals surface area contributed by atoms with Gasteiger partial charge in [-0.25, -0.2) is 0 Å². The van der Waals surface area contributed by atoms with Crippen LogP contribution in [0.4, 0.5) is 0 Å². The van der Waals surface area contributed by atoms with Crippen LogP contribution in [0.3, 0.4) is 0 Å². The average Bonchev–Trinajstić information content (AvgIpc) is 2.08. The van der Waals surface area contributed by atoms with Gasteiger partial charge in [0.15, 0.2) is 0 Å². The predicted octanol–water partition coefficient (Wildman–Crippen LogP) is 3.43. The number of phenols is 1. The number of hydrogen-bond donors (Lipinski definition) is 2. The number of rotatable bonds is 3. The van der Waals surface area contributed by atoms with E-state index in [-0.39, 0.29) is 24.2 Å². The highest BCUT2D eigenvalue weighted by Crippen LogP contribution is 2.28. The van der Waals surface area contributed by atoms with Gasteiger partial charge in [0.2, 0.25) is 0 Å². The van der Waals surface area contributed by atoms with Crippen LogP contribution in [-0.4, -0.2) is 5.11 Å². The molecule has 0 aliphatic carbocycles. The van der Waals surface area contributed by atoms with Crippen molar-refractivity contribution >= 4 is 24.0 Å². The van der Waals surface area contributed by atoms with Crippen molar-refractivity contribution in [1.29, 1.82) is 0 Å². The van der Waals surface area contributed by atoms with Gasteiger partial charge in [0, 0.05) is 16.6 Å². The van der Waals surface area contributed by atoms with Gasteiger partial charge in [0.1, 0.15) is 5.75 Å². The van der Waals surface area contributed by atoms with Crippen molar-refractivity contribution in [2.75, 3.05) is 0 Å². The minimum Gasteiger partial charge on any atom is -0.508 e. The summed E-state index contributed by atoms with van der Waals surface area (Å²) in [5.74, 6) is 0.183. The first-order valence-corrected chi connectivity index (χ1v) is 4.77. The summed E-state index contributed by atoms with van der Waals surface area (Å²) in [5, 5.41) is 10.1. The fourth-order valence-electron chi connectivity index (χ4n) is 1.31. The van der Waals surface area contributed by atoms with E-state index in [4.69, 9.17) is 17.3 Å². The van der Waals surface area contributed by atoms with Gasteiger partial charge in [-0.2, -0.15) is 0 Å². The van der Waals surface area contributed by atoms with Gasteiger partial charge >= 0.3 is 0 Å². The van der Waals surface area contributed by atoms with Gasteiger partial charge in [-0.05, 0) is 31.5 Å². The van der Waals surface area contributed by atoms with Crippen LogP contribution < -0.4 is 5.73 Å². The number of aromatic hydroxyl groups is 1. The topological polar surface area (TPSA) is 46.2 Å². The third-order valence-corrected chi connectivity index (χ3v) is 2.19. The molecule has 15 heavy (non-hydrogen) atoms. The van der Waals surface area contributed by atoms with Crippen molar-refractivity contribution in [1.82, 2.24) is 0 Å². The highest BCUT2D eigenvalue weighted by Gasteiger charge is 2.11. The van der Waals surface area contributed by atoms with Crippen LogP contribution in [0.5, 0.6) is 5.75 Å². The van der Waals surface area contributed by atoms with Crippen LogP contribution in [-0.2, 0) is 0 Å². The van der Waals surface area contributed by atoms with Crippen molar-refractivity contribution in [3.05, 3.63) is 40.9 Å². The summed E-state index contributed by atoms with van der Waals surface area (Å²) in [5.41, 5.74) is 7.54. The van der Waals surface area contributed by atoms with Crippen LogP contribution in [0, 0.1) is 0 Å². The second-order valence-electron chi connectivity index (χ2n) is 3.47. The van der Waals surface area contributed by atoms with Gasteiger partial charge in [-0.1, -0.05) is 17.2 Å². The Hall–Kier alpha value is -0.700. The Kier molecular flexibility index (Phi) is 5.73. The minimum atomic E-state index is -0.244. The second-order valence-corrected chi connectivity index (χ2v) is 3.91. The molecule has 2 nitrogen and oxygen atoms in total. The monoisotopic (exact) mass is 247 g/mol. The Morgan fingerprint density at radius 2 is 2.20 bits per heavy atom. The molecule has 0 saturated carbocycles. The molecule has 0 fully saturated rings. The molecule has 3 N–H and O–H groups in total. The van der Waals surface area contributed by atoms with E-state index in [0.29, 0.717) is 17.0 Å². The molecule has 0 heterocycles. The Bertz CT molecular complexity index is 352. The molecule has 0 unspecified atom stereocenters. The van der Waals surface area contributed by atoms with Gasteiger partial charge in [-0.3, -0.25) is 0 Å². The van der Waals surface area contributed by atoms with Gasteiger partial charge in [0.25, 0.3) is 0 Å². The Morgan fingerprint density at radius 1 is 1.60 bits per heavy atom. The zero-order chi connectivity index (χ0) is 10.7. The largest absolute Gasteiger partial charge is 0.508 e. The fraction of sp³-hybridized carbons (Fsp3) is 0.273. The maximum absolute atomic E-state index is 9.55. The lowest BCUT2D eigenvalue weighted by Crippen LogP contribution is -2.10. The summed E-state index contributed by atoms with van der Waals surface area (Å²) in [6.45, 7) is 5.68. The number of halogens is 2. The number of hydrogen-bond acceptors (Lipinski definition) is 2. The Morgan fingerprint density at radius 3 is 2.73 bits per heavy atom. The first-order chi connectivity index (χ1) is 6.50. The minimum absolute atomic E-state index is 0. The van der Waals surface area contributed by atoms with E-state index in [0.717, 1.165) is 5.57 Å². The second kappa shape index (κ2) is 6.01. The van der Waals surface area contributed by atoms with E-state index in [2.05, 4.69) is 6.58 Å². The van der Waals surface area contributed by atoms with Crippen molar-refractivity contribution in [3.63, 3.8) is 0 Å². The maximum Gasteiger partial charge on any atom is 0.120 e. The van der Waals surface area contributed by atoms with Gasteiger partial charge < -0.3 is 10.8 Å². The molecule has 0 aliphatic rings. The van der Waals surface area contributed by atoms with Crippen LogP contribution in [0.15, 0.2) is 30.4 Å². The lowest BCUT2D eigenvalue weighted by molar-refractivity contribution is 0.461. The van der Waals surface area contributed by atoms with Crippen molar-refractivity contribution in [2.24, 2.45) is 5.73 Å². The molecule has 0 bridgehead atoms. The van der Waals surface area contributed by atoms with E-state index >= 15 is 0 Å². The molecule has 0 radical (unpaired) electrons. The molecule has 1 aromatic carbocycles. The molecule has 84 valence electrons. The van der Waals surface area contributed by atoms with Crippen molar-refractivity contribution in [2.45, 2.75) is 19.4 Å². The van der Waals surface area contributed by atoms with E-state index in [1.807, 2.05) is 6.92 Å². The summed E-state index contributed by atoms with van der Waals surface area (Å²) in [6, 6.07) is 4.63. The molecule has 0 aliphatic heterocycles. The van der Waals surface area contributed by atoms with Gasteiger partial charge in [0.05, 0.1) is 0 Å². The number of benzene rings is 1. The van der Waals surface area contributed by atoms with Crippen LogP contribution in [0.25, 0.3) is 0 Å². The van der Waals surface area contributed by atoms with Crippen molar-refractivity contribution < 1.29 is 5.11 Å². The zero-order valence-corrected chi connectivity index (χ0v) is 10.1. The number of nitrogens with two attached hydrogens (primary N) is 1. The molecule has 4 heteroatoms. The molecule has 0 saturated heterocycles. The third kappa shape index (κ3) is 4.12.